The van der Waals surface area contributed by atoms with Gasteiger partial charge in [0.2, 0.25) is 17.8 Å². The lowest BCUT2D eigenvalue weighted by Gasteiger charge is -2.34. The smallest absolute Gasteiger partial charge is 0.253 e. The van der Waals surface area contributed by atoms with Crippen molar-refractivity contribution in [3.63, 3.8) is 0 Å². The van der Waals surface area contributed by atoms with Gasteiger partial charge in [0, 0.05) is 94.9 Å². The highest BCUT2D eigenvalue weighted by Gasteiger charge is 2.49. The number of carbonyl (C=O) groups is 1. The minimum Gasteiger partial charge on any atom is -0.381 e. The van der Waals surface area contributed by atoms with Crippen molar-refractivity contribution >= 4 is 55.3 Å². The fourth-order valence-electron chi connectivity index (χ4n) is 7.99. The SMILES string of the molecule is CCO[C@@H](C)CNc1cc(-c2cc(C)c(=O)n(C)c2)ccc1NC(=O)C1CC(F)(F)C1.CCO[C@@H](C)Cn1c(C2CC(F)(F)C2)nc2ccc(-c3cc(C)c(=O)n(C)c3)cc21.S.S. The second kappa shape index (κ2) is 20.9. The summed E-state index contributed by atoms with van der Waals surface area (Å²) in [4.78, 5) is 41.2. The Morgan fingerprint density at radius 1 is 0.762 bits per heavy atom. The molecule has 0 radical (unpaired) electrons. The molecule has 2 atom stereocenters. The van der Waals surface area contributed by atoms with Gasteiger partial charge in [0.15, 0.2) is 0 Å². The first-order valence-corrected chi connectivity index (χ1v) is 20.8. The van der Waals surface area contributed by atoms with Gasteiger partial charge >= 0.3 is 0 Å². The van der Waals surface area contributed by atoms with E-state index in [1.54, 1.807) is 44.8 Å². The van der Waals surface area contributed by atoms with Gasteiger partial charge in [0.05, 0.1) is 41.2 Å². The summed E-state index contributed by atoms with van der Waals surface area (Å²) in [5.41, 5.74) is 7.69. The Hall–Kier alpha value is -4.58. The lowest BCUT2D eigenvalue weighted by molar-refractivity contribution is -0.145. The van der Waals surface area contributed by atoms with E-state index in [1.165, 1.54) is 4.57 Å². The molecule has 11 nitrogen and oxygen atoms in total. The van der Waals surface area contributed by atoms with Crippen molar-refractivity contribution in [2.45, 2.75) is 104 Å². The van der Waals surface area contributed by atoms with Crippen LogP contribution in [0.1, 0.15) is 76.2 Å². The van der Waals surface area contributed by atoms with Crippen molar-refractivity contribution in [2.24, 2.45) is 20.0 Å². The van der Waals surface area contributed by atoms with Gasteiger partial charge in [-0.1, -0.05) is 12.1 Å². The van der Waals surface area contributed by atoms with E-state index in [2.05, 4.69) is 10.6 Å². The third kappa shape index (κ3) is 12.2. The summed E-state index contributed by atoms with van der Waals surface area (Å²) in [7, 11) is 3.44. The van der Waals surface area contributed by atoms with E-state index in [-0.39, 0.29) is 69.1 Å². The van der Waals surface area contributed by atoms with Crippen LogP contribution in [-0.4, -0.2) is 68.4 Å². The molecule has 2 aliphatic carbocycles. The minimum absolute atomic E-state index is 0. The van der Waals surface area contributed by atoms with Crippen molar-refractivity contribution in [3.05, 3.63) is 98.6 Å². The first-order valence-electron chi connectivity index (χ1n) is 20.8. The van der Waals surface area contributed by atoms with Gasteiger partial charge < -0.3 is 33.8 Å². The number of ether oxygens (including phenoxy) is 2. The normalized spacial score (nSPS) is 16.3. The molecule has 5 aromatic rings. The molecular formula is C46H60F4N6O5S2. The van der Waals surface area contributed by atoms with Crippen molar-refractivity contribution in [2.75, 3.05) is 30.4 Å². The summed E-state index contributed by atoms with van der Waals surface area (Å²) >= 11 is 0. The highest BCUT2D eigenvalue weighted by molar-refractivity contribution is 7.59. The number of amides is 1. The second-order valence-electron chi connectivity index (χ2n) is 16.5. The molecule has 17 heteroatoms. The number of hydrogen-bond donors (Lipinski definition) is 2. The van der Waals surface area contributed by atoms with E-state index in [4.69, 9.17) is 14.5 Å². The Balaban J connectivity index is 0.000000268. The zero-order chi connectivity index (χ0) is 44.4. The number of nitrogens with one attached hydrogen (secondary N) is 2. The van der Waals surface area contributed by atoms with Gasteiger partial charge in [0.1, 0.15) is 5.82 Å². The van der Waals surface area contributed by atoms with Crippen molar-refractivity contribution < 1.29 is 31.8 Å². The molecule has 0 spiro atoms. The fraction of sp³-hybridized carbons (Fsp3) is 0.478. The van der Waals surface area contributed by atoms with Gasteiger partial charge in [-0.15, -0.1) is 0 Å². The third-order valence-electron chi connectivity index (χ3n) is 11.3. The van der Waals surface area contributed by atoms with Crippen molar-refractivity contribution in [1.29, 1.82) is 0 Å². The first kappa shape index (κ1) is 51.1. The molecule has 2 N–H and O–H groups in total. The van der Waals surface area contributed by atoms with Gasteiger partial charge in [-0.25, -0.2) is 22.5 Å². The van der Waals surface area contributed by atoms with Gasteiger partial charge in [-0.2, -0.15) is 27.0 Å². The van der Waals surface area contributed by atoms with E-state index < -0.39 is 36.5 Å². The van der Waals surface area contributed by atoms with E-state index in [1.807, 2.05) is 80.9 Å². The number of benzene rings is 2. The van der Waals surface area contributed by atoms with E-state index in [9.17, 15) is 31.9 Å². The zero-order valence-electron chi connectivity index (χ0n) is 37.1. The topological polar surface area (TPSA) is 121 Å². The molecule has 344 valence electrons. The molecule has 2 fully saturated rings. The average Bonchev–Trinajstić information content (AvgIpc) is 3.53. The Bertz CT molecular complexity index is 2460. The number of fused-ring (bicyclic) bond motifs is 1. The fourth-order valence-corrected chi connectivity index (χ4v) is 7.99. The number of halogens is 4. The molecule has 63 heavy (non-hydrogen) atoms. The Morgan fingerprint density at radius 2 is 1.29 bits per heavy atom. The number of alkyl halides is 4. The zero-order valence-corrected chi connectivity index (χ0v) is 39.1. The van der Waals surface area contributed by atoms with Gasteiger partial charge in [0.25, 0.3) is 11.1 Å². The molecule has 0 aliphatic heterocycles. The lowest BCUT2D eigenvalue weighted by atomic mass is 9.80. The monoisotopic (exact) mass is 916 g/mol. The van der Waals surface area contributed by atoms with E-state index in [0.29, 0.717) is 54.6 Å². The summed E-state index contributed by atoms with van der Waals surface area (Å²) in [6.45, 7) is 13.6. The highest BCUT2D eigenvalue weighted by atomic mass is 32.1. The number of aryl methyl sites for hydroxylation is 4. The van der Waals surface area contributed by atoms with Crippen LogP contribution in [0, 0.1) is 19.8 Å². The average molecular weight is 917 g/mol. The summed E-state index contributed by atoms with van der Waals surface area (Å²) < 4.78 is 69.8. The van der Waals surface area contributed by atoms with Crippen molar-refractivity contribution in [1.82, 2.24) is 18.7 Å². The van der Waals surface area contributed by atoms with Crippen LogP contribution in [0.15, 0.2) is 70.5 Å². The number of hydrogen-bond acceptors (Lipinski definition) is 7. The first-order chi connectivity index (χ1) is 28.8. The maximum absolute atomic E-state index is 13.5. The number of aromatic nitrogens is 4. The van der Waals surface area contributed by atoms with E-state index in [0.717, 1.165) is 33.3 Å². The molecule has 2 saturated carbocycles. The largest absolute Gasteiger partial charge is 0.381 e. The summed E-state index contributed by atoms with van der Waals surface area (Å²) in [5.74, 6) is -5.98. The van der Waals surface area contributed by atoms with Crippen LogP contribution in [0.3, 0.4) is 0 Å². The molecule has 3 heterocycles. The molecule has 0 unspecified atom stereocenters. The van der Waals surface area contributed by atoms with Crippen LogP contribution in [0.4, 0.5) is 28.9 Å². The Morgan fingerprint density at radius 3 is 1.81 bits per heavy atom. The van der Waals surface area contributed by atoms with Crippen LogP contribution < -0.4 is 21.8 Å². The van der Waals surface area contributed by atoms with Crippen LogP contribution in [0.5, 0.6) is 0 Å². The third-order valence-corrected chi connectivity index (χ3v) is 11.3. The number of anilines is 2. The molecule has 0 saturated heterocycles. The predicted molar refractivity (Wildman–Crippen MR) is 252 cm³/mol. The predicted octanol–water partition coefficient (Wildman–Crippen LogP) is 9.06. The second-order valence-corrected chi connectivity index (χ2v) is 16.5. The lowest BCUT2D eigenvalue weighted by Crippen LogP contribution is -2.42. The number of rotatable bonds is 14. The maximum Gasteiger partial charge on any atom is 0.253 e. The standard InChI is InChI=1S/C23H29F2N3O3.C23H27F2N3O2.2H2S/c1-5-31-15(3)12-26-20-9-16(17-8-14(2)22(30)28(4)13-17)6-7-19(20)27-21(29)18-10-23(24,25)11-18;1-5-30-15(3)12-28-20-9-16(17-8-14(2)22(29)27(4)13-17)6-7-19(20)26-21(28)18-10-23(24,25)11-18;;/h6-9,13,15,18,26H,5,10-12H2,1-4H3,(H,27,29);6-9,13,15,18H,5,10-12H2,1-4H3;2*1H2/t2*15-;;/m00../s1. The molecule has 2 aliphatic rings. The van der Waals surface area contributed by atoms with Crippen LogP contribution in [0.25, 0.3) is 33.3 Å². The maximum atomic E-state index is 13.5. The number of carbonyl (C=O) groups excluding carboxylic acids is 1. The Kier molecular flexibility index (Phi) is 17.0. The summed E-state index contributed by atoms with van der Waals surface area (Å²) in [6, 6.07) is 15.1. The van der Waals surface area contributed by atoms with E-state index >= 15 is 0 Å². The number of imidazole rings is 1. The highest BCUT2D eigenvalue weighted by Crippen LogP contribution is 2.48. The van der Waals surface area contributed by atoms with Gasteiger partial charge in [-0.05, 0) is 100 Å². The quantitative estimate of drug-likeness (QED) is 0.107. The molecule has 3 aromatic heterocycles. The van der Waals surface area contributed by atoms with Gasteiger partial charge in [-0.3, -0.25) is 14.4 Å². The number of pyridine rings is 2. The van der Waals surface area contributed by atoms with Crippen LogP contribution in [-0.2, 0) is 34.9 Å². The minimum atomic E-state index is -2.75. The summed E-state index contributed by atoms with van der Waals surface area (Å²) in [6.07, 6.45) is 2.30. The Labute approximate surface area is 379 Å². The molecule has 0 bridgehead atoms. The molecule has 2 aromatic carbocycles. The molecule has 7 rings (SSSR count). The van der Waals surface area contributed by atoms with Crippen LogP contribution in [0.2, 0.25) is 0 Å². The van der Waals surface area contributed by atoms with Crippen molar-refractivity contribution in [3.8, 4) is 22.3 Å². The summed E-state index contributed by atoms with van der Waals surface area (Å²) in [5, 5.41) is 6.07. The molecular weight excluding hydrogens is 857 g/mol. The number of nitrogens with zero attached hydrogens (tertiary/aromatic N) is 4. The van der Waals surface area contributed by atoms with Crippen LogP contribution >= 0.6 is 27.0 Å². The molecule has 1 amide bonds.